The summed E-state index contributed by atoms with van der Waals surface area (Å²) in [6.45, 7) is 3.67. The van der Waals surface area contributed by atoms with Crippen LogP contribution in [-0.2, 0) is 9.84 Å². The van der Waals surface area contributed by atoms with Gasteiger partial charge in [0.15, 0.2) is 9.84 Å². The van der Waals surface area contributed by atoms with E-state index in [0.717, 1.165) is 31.6 Å². The van der Waals surface area contributed by atoms with E-state index in [4.69, 9.17) is 0 Å². The second kappa shape index (κ2) is 5.51. The molecule has 0 spiro atoms. The third-order valence-corrected chi connectivity index (χ3v) is 4.98. The molecule has 0 bridgehead atoms. The van der Waals surface area contributed by atoms with Crippen molar-refractivity contribution in [3.05, 3.63) is 24.3 Å². The summed E-state index contributed by atoms with van der Waals surface area (Å²) in [7, 11) is -3.12. The standard InChI is InChI=1S/C14H21NO3S/c1-11(16)12-7-9-15(10-8-12)13-3-5-14(6-4-13)19(2,17)18/h3-6,11-12,16H,7-10H2,1-2H3. The van der Waals surface area contributed by atoms with Crippen LogP contribution in [0.25, 0.3) is 0 Å². The first kappa shape index (κ1) is 14.3. The fraction of sp³-hybridized carbons (Fsp3) is 0.571. The van der Waals surface area contributed by atoms with Gasteiger partial charge in [0, 0.05) is 25.0 Å². The summed E-state index contributed by atoms with van der Waals surface area (Å²) in [4.78, 5) is 2.60. The van der Waals surface area contributed by atoms with E-state index < -0.39 is 9.84 Å². The Morgan fingerprint density at radius 1 is 1.21 bits per heavy atom. The van der Waals surface area contributed by atoms with E-state index in [9.17, 15) is 13.5 Å². The number of nitrogens with zero attached hydrogens (tertiary/aromatic N) is 1. The van der Waals surface area contributed by atoms with Crippen molar-refractivity contribution < 1.29 is 13.5 Å². The summed E-state index contributed by atoms with van der Waals surface area (Å²) < 4.78 is 22.8. The van der Waals surface area contributed by atoms with E-state index >= 15 is 0 Å². The predicted octanol–water partition coefficient (Wildman–Crippen LogP) is 1.69. The third-order valence-electron chi connectivity index (χ3n) is 3.85. The molecule has 0 saturated carbocycles. The molecule has 5 heteroatoms. The second-order valence-electron chi connectivity index (χ2n) is 5.33. The van der Waals surface area contributed by atoms with Crippen molar-refractivity contribution in [3.8, 4) is 0 Å². The molecule has 0 aromatic heterocycles. The minimum absolute atomic E-state index is 0.241. The molecule has 0 amide bonds. The lowest BCUT2D eigenvalue weighted by atomic mass is 9.92. The molecule has 1 fully saturated rings. The fourth-order valence-electron chi connectivity index (χ4n) is 2.54. The van der Waals surface area contributed by atoms with Crippen LogP contribution in [-0.4, -0.2) is 39.0 Å². The highest BCUT2D eigenvalue weighted by molar-refractivity contribution is 7.90. The van der Waals surface area contributed by atoms with Crippen LogP contribution in [0.1, 0.15) is 19.8 Å². The summed E-state index contributed by atoms with van der Waals surface area (Å²) in [6, 6.07) is 7.04. The molecule has 1 aromatic carbocycles. The van der Waals surface area contributed by atoms with E-state index in [1.54, 1.807) is 12.1 Å². The largest absolute Gasteiger partial charge is 0.393 e. The van der Waals surface area contributed by atoms with E-state index in [1.807, 2.05) is 19.1 Å². The third kappa shape index (κ3) is 3.48. The Labute approximate surface area is 115 Å². The zero-order valence-corrected chi connectivity index (χ0v) is 12.2. The maximum Gasteiger partial charge on any atom is 0.175 e. The molecule has 1 aromatic rings. The lowest BCUT2D eigenvalue weighted by Gasteiger charge is -2.34. The fourth-order valence-corrected chi connectivity index (χ4v) is 3.17. The molecule has 1 N–H and O–H groups in total. The Morgan fingerprint density at radius 3 is 2.16 bits per heavy atom. The smallest absolute Gasteiger partial charge is 0.175 e. The van der Waals surface area contributed by atoms with E-state index in [0.29, 0.717) is 10.8 Å². The number of aliphatic hydroxyl groups excluding tert-OH is 1. The van der Waals surface area contributed by atoms with Gasteiger partial charge in [0.1, 0.15) is 0 Å². The highest BCUT2D eigenvalue weighted by atomic mass is 32.2. The van der Waals surface area contributed by atoms with E-state index in [1.165, 1.54) is 6.26 Å². The first-order valence-electron chi connectivity index (χ1n) is 6.61. The summed E-state index contributed by atoms with van der Waals surface area (Å²) in [5, 5.41) is 9.57. The molecule has 19 heavy (non-hydrogen) atoms. The molecule has 4 nitrogen and oxygen atoms in total. The van der Waals surface area contributed by atoms with Gasteiger partial charge in [-0.25, -0.2) is 8.42 Å². The molecule has 1 unspecified atom stereocenters. The minimum atomic E-state index is -3.12. The Morgan fingerprint density at radius 2 is 1.74 bits per heavy atom. The van der Waals surface area contributed by atoms with Gasteiger partial charge < -0.3 is 10.0 Å². The number of hydrogen-bond donors (Lipinski definition) is 1. The molecule has 0 aliphatic carbocycles. The second-order valence-corrected chi connectivity index (χ2v) is 7.35. The van der Waals surface area contributed by atoms with Gasteiger partial charge in [-0.15, -0.1) is 0 Å². The van der Waals surface area contributed by atoms with Crippen molar-refractivity contribution in [1.82, 2.24) is 0 Å². The van der Waals surface area contributed by atoms with Crippen molar-refractivity contribution in [3.63, 3.8) is 0 Å². The van der Waals surface area contributed by atoms with E-state index in [2.05, 4.69) is 4.90 Å². The SMILES string of the molecule is CC(O)C1CCN(c2ccc(S(C)(=O)=O)cc2)CC1. The van der Waals surface area contributed by atoms with E-state index in [-0.39, 0.29) is 6.10 Å². The Balaban J connectivity index is 2.04. The Kier molecular flexibility index (Phi) is 4.16. The lowest BCUT2D eigenvalue weighted by molar-refractivity contribution is 0.110. The van der Waals surface area contributed by atoms with Crippen LogP contribution in [0.5, 0.6) is 0 Å². The monoisotopic (exact) mass is 283 g/mol. The number of piperidine rings is 1. The summed E-state index contributed by atoms with van der Waals surface area (Å²) >= 11 is 0. The van der Waals surface area contributed by atoms with Gasteiger partial charge >= 0.3 is 0 Å². The number of aliphatic hydroxyl groups is 1. The first-order valence-corrected chi connectivity index (χ1v) is 8.50. The molecule has 0 radical (unpaired) electrons. The highest BCUT2D eigenvalue weighted by Crippen LogP contribution is 2.26. The molecular formula is C14H21NO3S. The molecule has 1 aliphatic rings. The molecule has 1 aliphatic heterocycles. The van der Waals surface area contributed by atoms with Crippen molar-refractivity contribution >= 4 is 15.5 Å². The molecule has 1 heterocycles. The average Bonchev–Trinajstić information content (AvgIpc) is 2.38. The summed E-state index contributed by atoms with van der Waals surface area (Å²) in [6.07, 6.45) is 2.93. The molecule has 1 saturated heterocycles. The molecule has 106 valence electrons. The molecular weight excluding hydrogens is 262 g/mol. The first-order chi connectivity index (χ1) is 8.88. The highest BCUT2D eigenvalue weighted by Gasteiger charge is 2.22. The van der Waals surface area contributed by atoms with Gasteiger partial charge in [-0.1, -0.05) is 0 Å². The van der Waals surface area contributed by atoms with Crippen molar-refractivity contribution in [2.45, 2.75) is 30.8 Å². The van der Waals surface area contributed by atoms with Crippen molar-refractivity contribution in [2.75, 3.05) is 24.2 Å². The maximum absolute atomic E-state index is 11.4. The van der Waals surface area contributed by atoms with Gasteiger partial charge in [0.25, 0.3) is 0 Å². The average molecular weight is 283 g/mol. The Bertz CT molecular complexity index is 514. The van der Waals surface area contributed by atoms with Gasteiger partial charge in [0.2, 0.25) is 0 Å². The van der Waals surface area contributed by atoms with Crippen LogP contribution in [0.15, 0.2) is 29.2 Å². The zero-order chi connectivity index (χ0) is 14.0. The van der Waals surface area contributed by atoms with Crippen LogP contribution in [0.4, 0.5) is 5.69 Å². The number of benzene rings is 1. The lowest BCUT2D eigenvalue weighted by Crippen LogP contribution is -2.37. The van der Waals surface area contributed by atoms with Crippen LogP contribution < -0.4 is 4.90 Å². The number of anilines is 1. The normalized spacial score (nSPS) is 19.4. The van der Waals surface area contributed by atoms with Crippen molar-refractivity contribution in [2.24, 2.45) is 5.92 Å². The molecule has 2 rings (SSSR count). The maximum atomic E-state index is 11.4. The van der Waals surface area contributed by atoms with Crippen LogP contribution in [0.2, 0.25) is 0 Å². The van der Waals surface area contributed by atoms with Gasteiger partial charge in [0.05, 0.1) is 11.0 Å². The van der Waals surface area contributed by atoms with Gasteiger partial charge in [-0.3, -0.25) is 0 Å². The Hall–Kier alpha value is -1.07. The van der Waals surface area contributed by atoms with Crippen LogP contribution in [0, 0.1) is 5.92 Å². The van der Waals surface area contributed by atoms with Gasteiger partial charge in [-0.05, 0) is 49.9 Å². The summed E-state index contributed by atoms with van der Waals surface area (Å²) in [5.41, 5.74) is 1.05. The van der Waals surface area contributed by atoms with Crippen molar-refractivity contribution in [1.29, 1.82) is 0 Å². The number of hydrogen-bond acceptors (Lipinski definition) is 4. The molecule has 1 atom stereocenters. The topological polar surface area (TPSA) is 57.6 Å². The number of sulfone groups is 1. The summed E-state index contributed by atoms with van der Waals surface area (Å²) in [5.74, 6) is 0.381. The van der Waals surface area contributed by atoms with Gasteiger partial charge in [-0.2, -0.15) is 0 Å². The predicted molar refractivity (Wildman–Crippen MR) is 76.2 cm³/mol. The van der Waals surface area contributed by atoms with Crippen LogP contribution >= 0.6 is 0 Å². The van der Waals surface area contributed by atoms with Crippen LogP contribution in [0.3, 0.4) is 0 Å². The quantitative estimate of drug-likeness (QED) is 0.917. The number of rotatable bonds is 3. The zero-order valence-electron chi connectivity index (χ0n) is 11.4. The minimum Gasteiger partial charge on any atom is -0.393 e.